The summed E-state index contributed by atoms with van der Waals surface area (Å²) in [5.41, 5.74) is 0. The van der Waals surface area contributed by atoms with Crippen LogP contribution in [0.3, 0.4) is 0 Å². The van der Waals surface area contributed by atoms with E-state index in [0.717, 1.165) is 31.9 Å². The lowest BCUT2D eigenvalue weighted by molar-refractivity contribution is 0.573. The SMILES string of the molecule is CCCN(CC1CCCN1)c1ccc(F)cn1. The summed E-state index contributed by atoms with van der Waals surface area (Å²) in [6, 6.07) is 3.79. The van der Waals surface area contributed by atoms with Crippen LogP contribution in [-0.2, 0) is 0 Å². The highest BCUT2D eigenvalue weighted by Crippen LogP contribution is 2.14. The Morgan fingerprint density at radius 2 is 2.41 bits per heavy atom. The Morgan fingerprint density at radius 3 is 3.00 bits per heavy atom. The van der Waals surface area contributed by atoms with Gasteiger partial charge < -0.3 is 10.2 Å². The van der Waals surface area contributed by atoms with Crippen LogP contribution in [0.1, 0.15) is 26.2 Å². The van der Waals surface area contributed by atoms with Crippen LogP contribution in [0.5, 0.6) is 0 Å². The molecule has 0 amide bonds. The maximum absolute atomic E-state index is 12.8. The summed E-state index contributed by atoms with van der Waals surface area (Å²) in [5, 5.41) is 3.48. The van der Waals surface area contributed by atoms with Crippen LogP contribution in [0.4, 0.5) is 10.2 Å². The van der Waals surface area contributed by atoms with Gasteiger partial charge in [0.15, 0.2) is 0 Å². The van der Waals surface area contributed by atoms with Crippen LogP contribution >= 0.6 is 0 Å². The lowest BCUT2D eigenvalue weighted by Crippen LogP contribution is -2.38. The number of rotatable bonds is 5. The molecule has 0 saturated carbocycles. The number of pyridine rings is 1. The molecule has 4 heteroatoms. The smallest absolute Gasteiger partial charge is 0.141 e. The molecule has 17 heavy (non-hydrogen) atoms. The molecule has 0 bridgehead atoms. The summed E-state index contributed by atoms with van der Waals surface area (Å²) in [4.78, 5) is 6.40. The molecule has 1 fully saturated rings. The minimum atomic E-state index is -0.274. The van der Waals surface area contributed by atoms with Crippen LogP contribution in [0.2, 0.25) is 0 Å². The van der Waals surface area contributed by atoms with Crippen molar-refractivity contribution in [3.63, 3.8) is 0 Å². The minimum Gasteiger partial charge on any atom is -0.355 e. The lowest BCUT2D eigenvalue weighted by atomic mass is 10.2. The minimum absolute atomic E-state index is 0.274. The van der Waals surface area contributed by atoms with Crippen molar-refractivity contribution in [3.8, 4) is 0 Å². The fourth-order valence-electron chi connectivity index (χ4n) is 2.30. The third kappa shape index (κ3) is 3.40. The summed E-state index contributed by atoms with van der Waals surface area (Å²) >= 11 is 0. The molecule has 1 atom stereocenters. The molecule has 1 aliphatic heterocycles. The van der Waals surface area contributed by atoms with E-state index in [1.807, 2.05) is 0 Å². The molecule has 1 aromatic rings. The second-order valence-electron chi connectivity index (χ2n) is 4.57. The number of anilines is 1. The number of halogens is 1. The first kappa shape index (κ1) is 12.3. The molecule has 2 rings (SSSR count). The third-order valence-electron chi connectivity index (χ3n) is 3.13. The zero-order valence-electron chi connectivity index (χ0n) is 10.3. The zero-order valence-corrected chi connectivity index (χ0v) is 10.3. The zero-order chi connectivity index (χ0) is 12.1. The molecule has 3 nitrogen and oxygen atoms in total. The normalized spacial score (nSPS) is 19.5. The molecule has 1 saturated heterocycles. The second kappa shape index (κ2) is 5.96. The predicted molar refractivity (Wildman–Crippen MR) is 67.7 cm³/mol. The Labute approximate surface area is 102 Å². The average Bonchev–Trinajstić information content (AvgIpc) is 2.82. The number of nitrogens with one attached hydrogen (secondary N) is 1. The van der Waals surface area contributed by atoms with Crippen molar-refractivity contribution in [2.45, 2.75) is 32.2 Å². The van der Waals surface area contributed by atoms with Gasteiger partial charge >= 0.3 is 0 Å². The van der Waals surface area contributed by atoms with Gasteiger partial charge in [0.1, 0.15) is 11.6 Å². The second-order valence-corrected chi connectivity index (χ2v) is 4.57. The van der Waals surface area contributed by atoms with Crippen molar-refractivity contribution in [3.05, 3.63) is 24.1 Å². The first-order chi connectivity index (χ1) is 8.29. The van der Waals surface area contributed by atoms with Crippen LogP contribution < -0.4 is 10.2 Å². The number of nitrogens with zero attached hydrogens (tertiary/aromatic N) is 2. The summed E-state index contributed by atoms with van der Waals surface area (Å²) in [5.74, 6) is 0.603. The van der Waals surface area contributed by atoms with Crippen LogP contribution in [0, 0.1) is 5.82 Å². The quantitative estimate of drug-likeness (QED) is 0.851. The van der Waals surface area contributed by atoms with Gasteiger partial charge in [-0.15, -0.1) is 0 Å². The van der Waals surface area contributed by atoms with Gasteiger partial charge in [0, 0.05) is 19.1 Å². The molecule has 2 heterocycles. The van der Waals surface area contributed by atoms with Gasteiger partial charge in [-0.25, -0.2) is 9.37 Å². The summed E-state index contributed by atoms with van der Waals surface area (Å²) in [6.07, 6.45) is 4.84. The van der Waals surface area contributed by atoms with E-state index in [1.165, 1.54) is 25.1 Å². The average molecular weight is 237 g/mol. The van der Waals surface area contributed by atoms with Crippen molar-refractivity contribution < 1.29 is 4.39 Å². The summed E-state index contributed by atoms with van der Waals surface area (Å²) in [6.45, 7) is 5.20. The van der Waals surface area contributed by atoms with Crippen molar-refractivity contribution in [1.82, 2.24) is 10.3 Å². The first-order valence-electron chi connectivity index (χ1n) is 6.39. The van der Waals surface area contributed by atoms with Crippen molar-refractivity contribution in [2.24, 2.45) is 0 Å². The van der Waals surface area contributed by atoms with E-state index in [4.69, 9.17) is 0 Å². The Balaban J connectivity index is 2.02. The van der Waals surface area contributed by atoms with Gasteiger partial charge in [-0.3, -0.25) is 0 Å². The van der Waals surface area contributed by atoms with Crippen LogP contribution in [0.25, 0.3) is 0 Å². The van der Waals surface area contributed by atoms with E-state index in [0.29, 0.717) is 6.04 Å². The molecule has 0 aliphatic carbocycles. The van der Waals surface area contributed by atoms with E-state index < -0.39 is 0 Å². The van der Waals surface area contributed by atoms with Gasteiger partial charge in [0.25, 0.3) is 0 Å². The van der Waals surface area contributed by atoms with E-state index in [9.17, 15) is 4.39 Å². The first-order valence-corrected chi connectivity index (χ1v) is 6.39. The predicted octanol–water partition coefficient (Wildman–Crippen LogP) is 2.19. The van der Waals surface area contributed by atoms with E-state index in [1.54, 1.807) is 6.07 Å². The van der Waals surface area contributed by atoms with E-state index >= 15 is 0 Å². The monoisotopic (exact) mass is 237 g/mol. The molecule has 0 aromatic carbocycles. The van der Waals surface area contributed by atoms with Crippen LogP contribution in [0.15, 0.2) is 18.3 Å². The Kier molecular flexibility index (Phi) is 4.31. The van der Waals surface area contributed by atoms with Crippen molar-refractivity contribution >= 4 is 5.82 Å². The fraction of sp³-hybridized carbons (Fsp3) is 0.615. The van der Waals surface area contributed by atoms with E-state index in [2.05, 4.69) is 22.1 Å². The van der Waals surface area contributed by atoms with Crippen LogP contribution in [-0.4, -0.2) is 30.7 Å². The van der Waals surface area contributed by atoms with Crippen molar-refractivity contribution in [2.75, 3.05) is 24.5 Å². The molecule has 94 valence electrons. The highest BCUT2D eigenvalue weighted by molar-refractivity contribution is 5.38. The topological polar surface area (TPSA) is 28.2 Å². The van der Waals surface area contributed by atoms with Gasteiger partial charge in [-0.2, -0.15) is 0 Å². The number of hydrogen-bond acceptors (Lipinski definition) is 3. The molecule has 1 aliphatic rings. The number of aromatic nitrogens is 1. The Morgan fingerprint density at radius 1 is 1.53 bits per heavy atom. The molecule has 0 spiro atoms. The maximum atomic E-state index is 12.8. The van der Waals surface area contributed by atoms with Gasteiger partial charge in [0.05, 0.1) is 6.20 Å². The van der Waals surface area contributed by atoms with E-state index in [-0.39, 0.29) is 5.82 Å². The van der Waals surface area contributed by atoms with Gasteiger partial charge in [-0.1, -0.05) is 6.92 Å². The summed E-state index contributed by atoms with van der Waals surface area (Å²) < 4.78 is 12.8. The molecular formula is C13H20FN3. The lowest BCUT2D eigenvalue weighted by Gasteiger charge is -2.26. The molecular weight excluding hydrogens is 217 g/mol. The number of hydrogen-bond donors (Lipinski definition) is 1. The Bertz CT molecular complexity index is 333. The van der Waals surface area contributed by atoms with Gasteiger partial charge in [-0.05, 0) is 37.9 Å². The molecule has 0 radical (unpaired) electrons. The highest BCUT2D eigenvalue weighted by Gasteiger charge is 2.18. The molecule has 1 aromatic heterocycles. The van der Waals surface area contributed by atoms with Crippen molar-refractivity contribution in [1.29, 1.82) is 0 Å². The standard InChI is InChI=1S/C13H20FN3/c1-2-8-17(10-12-4-3-7-15-12)13-6-5-11(14)9-16-13/h5-6,9,12,15H,2-4,7-8,10H2,1H3. The molecule has 1 N–H and O–H groups in total. The third-order valence-corrected chi connectivity index (χ3v) is 3.13. The highest BCUT2D eigenvalue weighted by atomic mass is 19.1. The van der Waals surface area contributed by atoms with Gasteiger partial charge in [0.2, 0.25) is 0 Å². The largest absolute Gasteiger partial charge is 0.355 e. The fourth-order valence-corrected chi connectivity index (χ4v) is 2.30. The molecule has 1 unspecified atom stereocenters. The summed E-state index contributed by atoms with van der Waals surface area (Å²) in [7, 11) is 0. The Hall–Kier alpha value is -1.16. The maximum Gasteiger partial charge on any atom is 0.141 e.